The number of halogens is 1. The number of carbonyl (C=O) groups is 3. The lowest BCUT2D eigenvalue weighted by molar-refractivity contribution is -0.384. The fourth-order valence-corrected chi connectivity index (χ4v) is 4.96. The molecule has 3 aromatic rings. The molecule has 2 atom stereocenters. The maximum atomic E-state index is 13.6. The maximum absolute atomic E-state index is 13.6. The highest BCUT2D eigenvalue weighted by molar-refractivity contribution is 6.32. The van der Waals surface area contributed by atoms with Crippen LogP contribution in [0.25, 0.3) is 0 Å². The molecule has 6 rings (SSSR count). The van der Waals surface area contributed by atoms with Crippen LogP contribution in [0.15, 0.2) is 54.6 Å². The molecule has 1 fully saturated rings. The number of amides is 3. The standard InChI is InChI=1S/C25H16ClN3O7/c1-12-2-4-14(10-18(12)26)27-21(13-3-7-19-20(8-13)36-11-35-19)22(25(27)32)28-23(30)16-6-5-15(29(33)34)9-17(16)24(28)31/h2-10,21-22H,11H2,1H3/t21-,22-/m1/s1. The van der Waals surface area contributed by atoms with Gasteiger partial charge in [0, 0.05) is 22.8 Å². The van der Waals surface area contributed by atoms with Gasteiger partial charge in [-0.2, -0.15) is 0 Å². The highest BCUT2D eigenvalue weighted by Gasteiger charge is 2.57. The van der Waals surface area contributed by atoms with Crippen molar-refractivity contribution in [1.29, 1.82) is 0 Å². The van der Waals surface area contributed by atoms with Crippen molar-refractivity contribution in [2.45, 2.75) is 19.0 Å². The van der Waals surface area contributed by atoms with Crippen LogP contribution in [0, 0.1) is 17.0 Å². The Kier molecular flexibility index (Phi) is 4.77. The number of fused-ring (bicyclic) bond motifs is 2. The molecule has 0 saturated carbocycles. The number of carbonyl (C=O) groups excluding carboxylic acids is 3. The highest BCUT2D eigenvalue weighted by atomic mass is 35.5. The molecule has 3 amide bonds. The minimum absolute atomic E-state index is 0.0136. The van der Waals surface area contributed by atoms with Crippen molar-refractivity contribution < 1.29 is 28.8 Å². The number of nitrogens with zero attached hydrogens (tertiary/aromatic N) is 3. The molecule has 0 spiro atoms. The molecule has 1 saturated heterocycles. The molecule has 3 heterocycles. The number of non-ortho nitro benzene ring substituents is 1. The third kappa shape index (κ3) is 3.07. The number of nitro benzene ring substituents is 1. The van der Waals surface area contributed by atoms with Crippen molar-refractivity contribution in [3.63, 3.8) is 0 Å². The van der Waals surface area contributed by atoms with Gasteiger partial charge in [-0.1, -0.05) is 23.7 Å². The number of hydrogen-bond acceptors (Lipinski definition) is 7. The summed E-state index contributed by atoms with van der Waals surface area (Å²) in [5, 5.41) is 11.7. The third-order valence-electron chi connectivity index (χ3n) is 6.63. The molecule has 180 valence electrons. The van der Waals surface area contributed by atoms with E-state index >= 15 is 0 Å². The maximum Gasteiger partial charge on any atom is 0.270 e. The van der Waals surface area contributed by atoms with Crippen molar-refractivity contribution in [1.82, 2.24) is 4.90 Å². The third-order valence-corrected chi connectivity index (χ3v) is 7.04. The molecule has 0 aromatic heterocycles. The van der Waals surface area contributed by atoms with Gasteiger partial charge in [0.2, 0.25) is 6.79 Å². The lowest BCUT2D eigenvalue weighted by atomic mass is 9.86. The fourth-order valence-electron chi connectivity index (χ4n) is 4.79. The van der Waals surface area contributed by atoms with Crippen LogP contribution in [0.3, 0.4) is 0 Å². The van der Waals surface area contributed by atoms with E-state index in [0.29, 0.717) is 27.8 Å². The van der Waals surface area contributed by atoms with E-state index in [-0.39, 0.29) is 23.6 Å². The van der Waals surface area contributed by atoms with Crippen molar-refractivity contribution in [2.75, 3.05) is 11.7 Å². The Morgan fingerprint density at radius 1 is 0.889 bits per heavy atom. The summed E-state index contributed by atoms with van der Waals surface area (Å²) >= 11 is 6.32. The van der Waals surface area contributed by atoms with Crippen LogP contribution < -0.4 is 14.4 Å². The number of aryl methyl sites for hydroxylation is 1. The number of rotatable bonds is 4. The SMILES string of the molecule is Cc1ccc(N2C(=O)[C@H](N3C(=O)c4ccc([N+](=O)[O-])cc4C3=O)[C@H]2c2ccc3c(c2)OCO3)cc1Cl. The quantitative estimate of drug-likeness (QED) is 0.227. The smallest absolute Gasteiger partial charge is 0.270 e. The van der Waals surface area contributed by atoms with Gasteiger partial charge in [0.1, 0.15) is 6.04 Å². The normalized spacial score (nSPS) is 20.0. The van der Waals surface area contributed by atoms with E-state index in [0.717, 1.165) is 22.6 Å². The zero-order chi connectivity index (χ0) is 25.3. The molecule has 3 aliphatic heterocycles. The summed E-state index contributed by atoms with van der Waals surface area (Å²) < 4.78 is 10.9. The molecule has 0 bridgehead atoms. The number of benzene rings is 3. The summed E-state index contributed by atoms with van der Waals surface area (Å²) in [6.45, 7) is 1.89. The molecule has 3 aliphatic rings. The van der Waals surface area contributed by atoms with Crippen LogP contribution >= 0.6 is 11.6 Å². The zero-order valence-electron chi connectivity index (χ0n) is 18.6. The average Bonchev–Trinajstić information content (AvgIpc) is 3.42. The number of hydrogen-bond donors (Lipinski definition) is 0. The Morgan fingerprint density at radius 3 is 2.39 bits per heavy atom. The molecule has 0 radical (unpaired) electrons. The summed E-state index contributed by atoms with van der Waals surface area (Å²) in [4.78, 5) is 53.1. The largest absolute Gasteiger partial charge is 0.454 e. The first-order valence-corrected chi connectivity index (χ1v) is 11.3. The van der Waals surface area contributed by atoms with Crippen LogP contribution in [-0.4, -0.2) is 40.4 Å². The molecule has 3 aromatic carbocycles. The van der Waals surface area contributed by atoms with Crippen LogP contribution in [0.1, 0.15) is 37.9 Å². The van der Waals surface area contributed by atoms with E-state index in [2.05, 4.69) is 0 Å². The molecule has 0 unspecified atom stereocenters. The van der Waals surface area contributed by atoms with Crippen LogP contribution in [0.4, 0.5) is 11.4 Å². The lowest BCUT2D eigenvalue weighted by Crippen LogP contribution is -2.67. The van der Waals surface area contributed by atoms with Gasteiger partial charge in [0.15, 0.2) is 11.5 Å². The van der Waals surface area contributed by atoms with Crippen molar-refractivity contribution in [3.05, 3.63) is 92.0 Å². The highest BCUT2D eigenvalue weighted by Crippen LogP contribution is 2.47. The number of β-lactam (4-membered cyclic amide) rings is 1. The Bertz CT molecular complexity index is 1520. The van der Waals surface area contributed by atoms with Gasteiger partial charge < -0.3 is 14.4 Å². The van der Waals surface area contributed by atoms with E-state index in [1.165, 1.54) is 11.0 Å². The summed E-state index contributed by atoms with van der Waals surface area (Å²) in [7, 11) is 0. The fraction of sp³-hybridized carbons (Fsp3) is 0.160. The molecule has 0 aliphatic carbocycles. The molecule has 10 nitrogen and oxygen atoms in total. The summed E-state index contributed by atoms with van der Waals surface area (Å²) in [5.74, 6) is -0.911. The number of nitro groups is 1. The van der Waals surface area contributed by atoms with Gasteiger partial charge in [-0.15, -0.1) is 0 Å². The molecular weight excluding hydrogens is 490 g/mol. The lowest BCUT2D eigenvalue weighted by Gasteiger charge is -2.49. The first-order chi connectivity index (χ1) is 17.3. The van der Waals surface area contributed by atoms with E-state index in [1.54, 1.807) is 36.4 Å². The Labute approximate surface area is 208 Å². The minimum atomic E-state index is -1.17. The van der Waals surface area contributed by atoms with Gasteiger partial charge in [-0.25, -0.2) is 0 Å². The Morgan fingerprint density at radius 2 is 1.64 bits per heavy atom. The van der Waals surface area contributed by atoms with Gasteiger partial charge in [-0.05, 0) is 48.4 Å². The summed E-state index contributed by atoms with van der Waals surface area (Å²) in [6.07, 6.45) is 0. The number of ether oxygens (including phenoxy) is 2. The first kappa shape index (κ1) is 22.1. The number of imide groups is 1. The minimum Gasteiger partial charge on any atom is -0.454 e. The molecular formula is C25H16ClN3O7. The molecule has 36 heavy (non-hydrogen) atoms. The van der Waals surface area contributed by atoms with E-state index in [4.69, 9.17) is 21.1 Å². The predicted molar refractivity (Wildman–Crippen MR) is 126 cm³/mol. The van der Waals surface area contributed by atoms with Crippen molar-refractivity contribution >= 4 is 40.7 Å². The van der Waals surface area contributed by atoms with E-state index in [9.17, 15) is 24.5 Å². The number of anilines is 1. The predicted octanol–water partition coefficient (Wildman–Crippen LogP) is 4.04. The monoisotopic (exact) mass is 505 g/mol. The van der Waals surface area contributed by atoms with Gasteiger partial charge in [0.05, 0.1) is 22.1 Å². The molecule has 0 N–H and O–H groups in total. The van der Waals surface area contributed by atoms with Crippen LogP contribution in [-0.2, 0) is 4.79 Å². The summed E-state index contributed by atoms with van der Waals surface area (Å²) in [6, 6.07) is 11.8. The first-order valence-electron chi connectivity index (χ1n) is 10.9. The van der Waals surface area contributed by atoms with E-state index < -0.39 is 34.7 Å². The Balaban J connectivity index is 1.44. The second-order valence-corrected chi connectivity index (χ2v) is 9.02. The summed E-state index contributed by atoms with van der Waals surface area (Å²) in [5.41, 5.74) is 1.53. The van der Waals surface area contributed by atoms with Crippen molar-refractivity contribution in [3.8, 4) is 11.5 Å². The average molecular weight is 506 g/mol. The molecule has 11 heteroatoms. The van der Waals surface area contributed by atoms with Gasteiger partial charge in [-0.3, -0.25) is 29.4 Å². The van der Waals surface area contributed by atoms with Gasteiger partial charge in [0.25, 0.3) is 23.4 Å². The zero-order valence-corrected chi connectivity index (χ0v) is 19.4. The second-order valence-electron chi connectivity index (χ2n) is 8.61. The second kappa shape index (κ2) is 7.79. The van der Waals surface area contributed by atoms with E-state index in [1.807, 2.05) is 6.92 Å². The van der Waals surface area contributed by atoms with Crippen LogP contribution in [0.5, 0.6) is 11.5 Å². The Hall–Kier alpha value is -4.44. The van der Waals surface area contributed by atoms with Crippen LogP contribution in [0.2, 0.25) is 5.02 Å². The van der Waals surface area contributed by atoms with Gasteiger partial charge >= 0.3 is 0 Å². The van der Waals surface area contributed by atoms with Crippen molar-refractivity contribution in [2.24, 2.45) is 0 Å². The topological polar surface area (TPSA) is 119 Å².